The molecule has 20 heavy (non-hydrogen) atoms. The van der Waals surface area contributed by atoms with E-state index in [1.807, 2.05) is 12.1 Å². The van der Waals surface area contributed by atoms with Gasteiger partial charge < -0.3 is 5.32 Å². The molecule has 1 N–H and O–H groups in total. The number of rotatable bonds is 5. The zero-order valence-electron chi connectivity index (χ0n) is 12.7. The molecule has 110 valence electrons. The second-order valence-electron chi connectivity index (χ2n) is 6.14. The summed E-state index contributed by atoms with van der Waals surface area (Å²) in [4.78, 5) is 0. The minimum Gasteiger partial charge on any atom is -0.311 e. The Morgan fingerprint density at radius 1 is 1.30 bits per heavy atom. The molecule has 1 aromatic carbocycles. The highest BCUT2D eigenvalue weighted by Crippen LogP contribution is 2.30. The topological polar surface area (TPSA) is 12.0 Å². The Labute approximate surface area is 128 Å². The maximum atomic E-state index is 6.10. The van der Waals surface area contributed by atoms with Crippen molar-refractivity contribution in [2.75, 3.05) is 6.54 Å². The molecule has 1 aliphatic rings. The standard InChI is InChI=1S/C18H26ClN/c1-14(2)20-13-17(16-8-4-3-5-9-16)11-15-7-6-10-18(19)12-15/h6-7,10-12,14,16,20H,3-5,8-9,13H2,1-2H3/b17-11-. The molecule has 1 aromatic rings. The number of benzene rings is 1. The van der Waals surface area contributed by atoms with Gasteiger partial charge in [0.2, 0.25) is 0 Å². The molecule has 0 bridgehead atoms. The molecule has 0 atom stereocenters. The molecule has 2 heteroatoms. The Balaban J connectivity index is 2.15. The van der Waals surface area contributed by atoms with Gasteiger partial charge in [-0.2, -0.15) is 0 Å². The Kier molecular flexibility index (Phi) is 6.12. The summed E-state index contributed by atoms with van der Waals surface area (Å²) in [6.07, 6.45) is 9.17. The quantitative estimate of drug-likeness (QED) is 0.776. The van der Waals surface area contributed by atoms with Crippen LogP contribution in [0, 0.1) is 5.92 Å². The third-order valence-corrected chi connectivity index (χ3v) is 4.28. The summed E-state index contributed by atoms with van der Waals surface area (Å²) in [7, 11) is 0. The Hall–Kier alpha value is -0.790. The molecule has 0 aromatic heterocycles. The highest BCUT2D eigenvalue weighted by molar-refractivity contribution is 6.30. The largest absolute Gasteiger partial charge is 0.311 e. The highest BCUT2D eigenvalue weighted by Gasteiger charge is 2.17. The second-order valence-corrected chi connectivity index (χ2v) is 6.58. The van der Waals surface area contributed by atoms with E-state index in [1.165, 1.54) is 37.7 Å². The maximum Gasteiger partial charge on any atom is 0.0411 e. The average molecular weight is 292 g/mol. The van der Waals surface area contributed by atoms with Crippen LogP contribution < -0.4 is 5.32 Å². The number of hydrogen-bond donors (Lipinski definition) is 1. The van der Waals surface area contributed by atoms with Gasteiger partial charge >= 0.3 is 0 Å². The van der Waals surface area contributed by atoms with Crippen LogP contribution >= 0.6 is 11.6 Å². The summed E-state index contributed by atoms with van der Waals surface area (Å²) in [6, 6.07) is 8.69. The molecular weight excluding hydrogens is 266 g/mol. The van der Waals surface area contributed by atoms with Gasteiger partial charge in [-0.25, -0.2) is 0 Å². The van der Waals surface area contributed by atoms with Gasteiger partial charge in [0.1, 0.15) is 0 Å². The van der Waals surface area contributed by atoms with Crippen molar-refractivity contribution >= 4 is 17.7 Å². The molecule has 1 nitrogen and oxygen atoms in total. The number of nitrogens with one attached hydrogen (secondary N) is 1. The van der Waals surface area contributed by atoms with E-state index in [4.69, 9.17) is 11.6 Å². The molecule has 2 rings (SSSR count). The van der Waals surface area contributed by atoms with E-state index in [9.17, 15) is 0 Å². The van der Waals surface area contributed by atoms with Gasteiger partial charge in [0.15, 0.2) is 0 Å². The first kappa shape index (κ1) is 15.6. The molecular formula is C18H26ClN. The molecule has 0 unspecified atom stereocenters. The summed E-state index contributed by atoms with van der Waals surface area (Å²) in [5, 5.41) is 4.39. The molecule has 0 heterocycles. The molecule has 0 aliphatic heterocycles. The van der Waals surface area contributed by atoms with E-state index in [0.717, 1.165) is 17.5 Å². The zero-order chi connectivity index (χ0) is 14.4. The van der Waals surface area contributed by atoms with Crippen LogP contribution in [-0.4, -0.2) is 12.6 Å². The van der Waals surface area contributed by atoms with Crippen LogP contribution in [0.15, 0.2) is 29.8 Å². The van der Waals surface area contributed by atoms with Crippen LogP contribution in [0.25, 0.3) is 6.08 Å². The van der Waals surface area contributed by atoms with Crippen molar-refractivity contribution in [1.82, 2.24) is 5.32 Å². The van der Waals surface area contributed by atoms with Crippen molar-refractivity contribution < 1.29 is 0 Å². The lowest BCUT2D eigenvalue weighted by molar-refractivity contribution is 0.394. The van der Waals surface area contributed by atoms with E-state index in [2.05, 4.69) is 37.4 Å². The minimum atomic E-state index is 0.529. The van der Waals surface area contributed by atoms with Crippen molar-refractivity contribution in [3.63, 3.8) is 0 Å². The number of halogens is 1. The molecule has 0 amide bonds. The highest BCUT2D eigenvalue weighted by atomic mass is 35.5. The van der Waals surface area contributed by atoms with E-state index < -0.39 is 0 Å². The van der Waals surface area contributed by atoms with Crippen molar-refractivity contribution in [3.8, 4) is 0 Å². The van der Waals surface area contributed by atoms with Crippen molar-refractivity contribution in [2.24, 2.45) is 5.92 Å². The summed E-state index contributed by atoms with van der Waals surface area (Å²) in [5.74, 6) is 0.744. The average Bonchev–Trinajstić information content (AvgIpc) is 2.44. The first-order valence-corrected chi connectivity index (χ1v) is 8.22. The molecule has 0 spiro atoms. The Bertz CT molecular complexity index is 444. The van der Waals surface area contributed by atoms with Crippen molar-refractivity contribution in [2.45, 2.75) is 52.0 Å². The van der Waals surface area contributed by atoms with Crippen molar-refractivity contribution in [3.05, 3.63) is 40.4 Å². The van der Waals surface area contributed by atoms with E-state index in [0.29, 0.717) is 6.04 Å². The van der Waals surface area contributed by atoms with Gasteiger partial charge in [-0.3, -0.25) is 0 Å². The fourth-order valence-corrected chi connectivity index (χ4v) is 3.12. The Morgan fingerprint density at radius 3 is 2.70 bits per heavy atom. The van der Waals surface area contributed by atoms with Crippen molar-refractivity contribution in [1.29, 1.82) is 0 Å². The fourth-order valence-electron chi connectivity index (χ4n) is 2.92. The minimum absolute atomic E-state index is 0.529. The van der Waals surface area contributed by atoms with Gasteiger partial charge in [-0.1, -0.05) is 68.5 Å². The van der Waals surface area contributed by atoms with E-state index >= 15 is 0 Å². The first-order chi connectivity index (χ1) is 9.65. The van der Waals surface area contributed by atoms with Gasteiger partial charge in [0.25, 0.3) is 0 Å². The molecule has 1 aliphatic carbocycles. The maximum absolute atomic E-state index is 6.10. The number of hydrogen-bond acceptors (Lipinski definition) is 1. The molecule has 0 saturated heterocycles. The van der Waals surface area contributed by atoms with E-state index in [-0.39, 0.29) is 0 Å². The summed E-state index contributed by atoms with van der Waals surface area (Å²) < 4.78 is 0. The smallest absolute Gasteiger partial charge is 0.0411 e. The van der Waals surface area contributed by atoms with Crippen LogP contribution in [0.4, 0.5) is 0 Å². The lowest BCUT2D eigenvalue weighted by Crippen LogP contribution is -2.27. The molecule has 1 fully saturated rings. The summed E-state index contributed by atoms with van der Waals surface area (Å²) in [5.41, 5.74) is 2.77. The van der Waals surface area contributed by atoms with Gasteiger partial charge in [0.05, 0.1) is 0 Å². The van der Waals surface area contributed by atoms with E-state index in [1.54, 1.807) is 5.57 Å². The van der Waals surface area contributed by atoms with Gasteiger partial charge in [-0.15, -0.1) is 0 Å². The molecule has 0 radical (unpaired) electrons. The van der Waals surface area contributed by atoms with Crippen LogP contribution in [-0.2, 0) is 0 Å². The summed E-state index contributed by atoms with van der Waals surface area (Å²) >= 11 is 6.10. The molecule has 1 saturated carbocycles. The monoisotopic (exact) mass is 291 g/mol. The van der Waals surface area contributed by atoms with Gasteiger partial charge in [-0.05, 0) is 36.5 Å². The van der Waals surface area contributed by atoms with Crippen LogP contribution in [0.2, 0.25) is 5.02 Å². The predicted molar refractivity (Wildman–Crippen MR) is 89.1 cm³/mol. The van der Waals surface area contributed by atoms with Gasteiger partial charge in [0, 0.05) is 17.6 Å². The predicted octanol–water partition coefficient (Wildman–Crippen LogP) is 5.30. The normalized spacial score (nSPS) is 17.7. The van der Waals surface area contributed by atoms with Crippen LogP contribution in [0.3, 0.4) is 0 Å². The third kappa shape index (κ3) is 4.96. The first-order valence-electron chi connectivity index (χ1n) is 7.84. The third-order valence-electron chi connectivity index (χ3n) is 4.04. The fraction of sp³-hybridized carbons (Fsp3) is 0.556. The van der Waals surface area contributed by atoms with Crippen LogP contribution in [0.1, 0.15) is 51.5 Å². The van der Waals surface area contributed by atoms with Crippen LogP contribution in [0.5, 0.6) is 0 Å². The zero-order valence-corrected chi connectivity index (χ0v) is 13.4. The SMILES string of the molecule is CC(C)NC/C(=C/c1cccc(Cl)c1)C1CCCCC1. The Morgan fingerprint density at radius 2 is 2.05 bits per heavy atom. The second kappa shape index (κ2) is 7.85. The lowest BCUT2D eigenvalue weighted by Gasteiger charge is -2.25. The lowest BCUT2D eigenvalue weighted by atomic mass is 9.83. The summed E-state index contributed by atoms with van der Waals surface area (Å²) in [6.45, 7) is 5.41.